The van der Waals surface area contributed by atoms with E-state index in [-0.39, 0.29) is 5.91 Å². The van der Waals surface area contributed by atoms with Gasteiger partial charge in [-0.2, -0.15) is 5.10 Å². The molecule has 1 aliphatic rings. The Morgan fingerprint density at radius 1 is 1.58 bits per heavy atom. The molecule has 1 aliphatic heterocycles. The van der Waals surface area contributed by atoms with Gasteiger partial charge in [-0.05, 0) is 30.8 Å². The summed E-state index contributed by atoms with van der Waals surface area (Å²) in [5.74, 6) is 0.166. The highest BCUT2D eigenvalue weighted by Gasteiger charge is 2.29. The summed E-state index contributed by atoms with van der Waals surface area (Å²) in [6.45, 7) is 6.46. The van der Waals surface area contributed by atoms with Gasteiger partial charge < -0.3 is 4.90 Å². The maximum atomic E-state index is 12.8. The first kappa shape index (κ1) is 16.9. The number of rotatable bonds is 7. The molecule has 1 amide bonds. The molecule has 24 heavy (non-hydrogen) atoms. The first-order chi connectivity index (χ1) is 11.7. The molecule has 0 N–H and O–H groups in total. The van der Waals surface area contributed by atoms with Gasteiger partial charge in [0.15, 0.2) is 0 Å². The van der Waals surface area contributed by atoms with Gasteiger partial charge in [0.1, 0.15) is 0 Å². The number of hydrogen-bond donors (Lipinski definition) is 0. The summed E-state index contributed by atoms with van der Waals surface area (Å²) in [5.41, 5.74) is 1.20. The third-order valence-electron chi connectivity index (χ3n) is 4.44. The fraction of sp³-hybridized carbons (Fsp3) is 0.444. The highest BCUT2D eigenvalue weighted by Crippen LogP contribution is 2.31. The van der Waals surface area contributed by atoms with Crippen LogP contribution in [0.4, 0.5) is 0 Å². The predicted molar refractivity (Wildman–Crippen MR) is 96.7 cm³/mol. The molecule has 0 radical (unpaired) electrons. The topological polar surface area (TPSA) is 41.4 Å². The van der Waals surface area contributed by atoms with Crippen LogP contribution in [0.3, 0.4) is 0 Å². The van der Waals surface area contributed by atoms with Gasteiger partial charge in [0, 0.05) is 36.3 Å². The van der Waals surface area contributed by atoms with Crippen LogP contribution in [0.15, 0.2) is 42.6 Å². The molecule has 1 saturated heterocycles. The molecule has 1 atom stereocenters. The minimum Gasteiger partial charge on any atom is -0.333 e. The fourth-order valence-corrected chi connectivity index (χ4v) is 4.00. The number of aryl methyl sites for hydroxylation is 1. The highest BCUT2D eigenvalue weighted by atomic mass is 32.1. The van der Waals surface area contributed by atoms with Crippen LogP contribution in [0, 0.1) is 0 Å². The Bertz CT molecular complexity index is 679. The third-order valence-corrected chi connectivity index (χ3v) is 5.30. The van der Waals surface area contributed by atoms with Crippen LogP contribution >= 0.6 is 11.3 Å². The van der Waals surface area contributed by atoms with Crippen molar-refractivity contribution >= 4 is 17.2 Å². The van der Waals surface area contributed by atoms with Crippen molar-refractivity contribution in [1.82, 2.24) is 19.6 Å². The zero-order chi connectivity index (χ0) is 16.9. The van der Waals surface area contributed by atoms with Crippen LogP contribution in [0.1, 0.15) is 29.3 Å². The molecule has 0 aromatic carbocycles. The highest BCUT2D eigenvalue weighted by molar-refractivity contribution is 7.09. The lowest BCUT2D eigenvalue weighted by Crippen LogP contribution is -2.39. The Hall–Kier alpha value is -1.92. The summed E-state index contributed by atoms with van der Waals surface area (Å²) in [4.78, 5) is 18.2. The van der Waals surface area contributed by atoms with Crippen molar-refractivity contribution in [2.45, 2.75) is 25.4 Å². The van der Waals surface area contributed by atoms with Gasteiger partial charge >= 0.3 is 0 Å². The predicted octanol–water partition coefficient (Wildman–Crippen LogP) is 2.83. The second kappa shape index (κ2) is 7.77. The normalized spacial score (nSPS) is 18.0. The van der Waals surface area contributed by atoms with Crippen LogP contribution in [0.5, 0.6) is 0 Å². The van der Waals surface area contributed by atoms with Gasteiger partial charge in [-0.3, -0.25) is 14.4 Å². The van der Waals surface area contributed by atoms with E-state index in [1.165, 1.54) is 10.4 Å². The molecule has 2 aromatic rings. The number of hydrogen-bond acceptors (Lipinski definition) is 4. The maximum Gasteiger partial charge on any atom is 0.237 e. The maximum absolute atomic E-state index is 12.8. The Morgan fingerprint density at radius 3 is 3.12 bits per heavy atom. The van der Waals surface area contributed by atoms with Crippen molar-refractivity contribution in [3.63, 3.8) is 0 Å². The number of thiophene rings is 1. The van der Waals surface area contributed by atoms with Crippen molar-refractivity contribution in [1.29, 1.82) is 0 Å². The van der Waals surface area contributed by atoms with Crippen molar-refractivity contribution < 1.29 is 4.79 Å². The van der Waals surface area contributed by atoms with E-state index in [1.807, 2.05) is 34.3 Å². The molecule has 1 fully saturated rings. The third kappa shape index (κ3) is 3.94. The van der Waals surface area contributed by atoms with E-state index in [0.29, 0.717) is 25.7 Å². The largest absolute Gasteiger partial charge is 0.333 e. The molecule has 5 nitrogen and oxygen atoms in total. The number of likely N-dealkylation sites (tertiary alicyclic amines) is 1. The molecule has 3 heterocycles. The van der Waals surface area contributed by atoms with E-state index in [9.17, 15) is 4.79 Å². The number of carbonyl (C=O) groups excluding carboxylic acids is 1. The van der Waals surface area contributed by atoms with Gasteiger partial charge in [0.2, 0.25) is 5.91 Å². The van der Waals surface area contributed by atoms with Crippen LogP contribution in [-0.2, 0) is 18.4 Å². The van der Waals surface area contributed by atoms with Crippen LogP contribution in [-0.4, -0.2) is 45.1 Å². The SMILES string of the molecule is C=CCN(Cc1cccs1)C(=O)CN1CCC[C@@H]1c1cnn(C)c1. The number of carbonyl (C=O) groups is 1. The average Bonchev–Trinajstić information content (AvgIpc) is 3.28. The summed E-state index contributed by atoms with van der Waals surface area (Å²) in [5, 5.41) is 6.32. The van der Waals surface area contributed by atoms with E-state index < -0.39 is 0 Å². The van der Waals surface area contributed by atoms with Crippen molar-refractivity contribution in [3.8, 4) is 0 Å². The Kier molecular flexibility index (Phi) is 5.48. The Balaban J connectivity index is 1.65. The van der Waals surface area contributed by atoms with Crippen LogP contribution < -0.4 is 0 Å². The number of aromatic nitrogens is 2. The van der Waals surface area contributed by atoms with Gasteiger partial charge in [-0.1, -0.05) is 12.1 Å². The first-order valence-corrected chi connectivity index (χ1v) is 9.19. The standard InChI is InChI=1S/C18H24N4OS/c1-3-8-22(13-16-6-5-10-24-16)18(23)14-21-9-4-7-17(21)15-11-19-20(2)12-15/h3,5-6,10-12,17H,1,4,7-9,13-14H2,2H3/t17-/m1/s1. The summed E-state index contributed by atoms with van der Waals surface area (Å²) >= 11 is 1.68. The van der Waals surface area contributed by atoms with Crippen LogP contribution in [0.25, 0.3) is 0 Å². The average molecular weight is 344 g/mol. The van der Waals surface area contributed by atoms with Gasteiger partial charge in [-0.25, -0.2) is 0 Å². The zero-order valence-corrected chi connectivity index (χ0v) is 14.9. The Labute approximate surface area is 147 Å². The van der Waals surface area contributed by atoms with Crippen molar-refractivity contribution in [3.05, 3.63) is 53.0 Å². The lowest BCUT2D eigenvalue weighted by Gasteiger charge is -2.27. The van der Waals surface area contributed by atoms with E-state index in [0.717, 1.165) is 19.4 Å². The molecule has 3 rings (SSSR count). The Morgan fingerprint density at radius 2 is 2.46 bits per heavy atom. The second-order valence-corrected chi connectivity index (χ2v) is 7.25. The van der Waals surface area contributed by atoms with E-state index >= 15 is 0 Å². The molecule has 0 bridgehead atoms. The lowest BCUT2D eigenvalue weighted by molar-refractivity contribution is -0.132. The molecule has 6 heteroatoms. The first-order valence-electron chi connectivity index (χ1n) is 8.31. The molecular formula is C18H24N4OS. The fourth-order valence-electron chi connectivity index (χ4n) is 3.28. The summed E-state index contributed by atoms with van der Waals surface area (Å²) in [7, 11) is 1.93. The smallest absolute Gasteiger partial charge is 0.237 e. The van der Waals surface area contributed by atoms with E-state index in [1.54, 1.807) is 17.4 Å². The van der Waals surface area contributed by atoms with Gasteiger partial charge in [0.05, 0.1) is 19.3 Å². The van der Waals surface area contributed by atoms with Crippen molar-refractivity contribution in [2.75, 3.05) is 19.6 Å². The van der Waals surface area contributed by atoms with E-state index in [4.69, 9.17) is 0 Å². The molecule has 0 spiro atoms. The monoisotopic (exact) mass is 344 g/mol. The summed E-state index contributed by atoms with van der Waals surface area (Å²) in [6.07, 6.45) is 7.99. The molecular weight excluding hydrogens is 320 g/mol. The van der Waals surface area contributed by atoms with Crippen molar-refractivity contribution in [2.24, 2.45) is 7.05 Å². The lowest BCUT2D eigenvalue weighted by atomic mass is 10.1. The van der Waals surface area contributed by atoms with E-state index in [2.05, 4.69) is 28.8 Å². The quantitative estimate of drug-likeness (QED) is 0.725. The minimum atomic E-state index is 0.166. The summed E-state index contributed by atoms with van der Waals surface area (Å²) in [6, 6.07) is 4.40. The van der Waals surface area contributed by atoms with Gasteiger partial charge in [-0.15, -0.1) is 17.9 Å². The molecule has 0 saturated carbocycles. The summed E-state index contributed by atoms with van der Waals surface area (Å²) < 4.78 is 1.83. The second-order valence-electron chi connectivity index (χ2n) is 6.22. The van der Waals surface area contributed by atoms with Crippen LogP contribution in [0.2, 0.25) is 0 Å². The van der Waals surface area contributed by atoms with Gasteiger partial charge in [0.25, 0.3) is 0 Å². The minimum absolute atomic E-state index is 0.166. The number of nitrogens with zero attached hydrogens (tertiary/aromatic N) is 4. The molecule has 0 aliphatic carbocycles. The molecule has 0 unspecified atom stereocenters. The molecule has 2 aromatic heterocycles. The zero-order valence-electron chi connectivity index (χ0n) is 14.1. The number of amides is 1. The molecule has 128 valence electrons.